The lowest BCUT2D eigenvalue weighted by molar-refractivity contribution is -0.140. The Hall–Kier alpha value is -0.830. The van der Waals surface area contributed by atoms with Gasteiger partial charge in [0.2, 0.25) is 5.91 Å². The van der Waals surface area contributed by atoms with Gasteiger partial charge in [0, 0.05) is 0 Å². The summed E-state index contributed by atoms with van der Waals surface area (Å²) >= 11 is 0. The lowest BCUT2D eigenvalue weighted by atomic mass is 9.51. The van der Waals surface area contributed by atoms with Gasteiger partial charge in [0.25, 0.3) is 0 Å². The van der Waals surface area contributed by atoms with Gasteiger partial charge in [0.1, 0.15) is 0 Å². The maximum absolute atomic E-state index is 11.5. The Kier molecular flexibility index (Phi) is 2.15. The third kappa shape index (κ3) is 1.34. The Balaban J connectivity index is 1.87. The number of amides is 1. The Morgan fingerprint density at radius 2 is 1.94 bits per heavy atom. The highest BCUT2D eigenvalue weighted by molar-refractivity contribution is 5.87. The lowest BCUT2D eigenvalue weighted by Gasteiger charge is -2.59. The monoisotopic (exact) mass is 221 g/mol. The van der Waals surface area contributed by atoms with Gasteiger partial charge in [-0.05, 0) is 55.9 Å². The van der Waals surface area contributed by atoms with Gasteiger partial charge in [-0.1, -0.05) is 6.58 Å². The largest absolute Gasteiger partial charge is 0.390 e. The second-order valence-corrected chi connectivity index (χ2v) is 5.90. The molecule has 0 spiro atoms. The van der Waals surface area contributed by atoms with Crippen molar-refractivity contribution < 1.29 is 9.90 Å². The number of rotatable bonds is 2. The number of carbonyl (C=O) groups is 1. The molecule has 2 N–H and O–H groups in total. The molecule has 0 aromatic rings. The molecule has 4 saturated carbocycles. The molecule has 3 unspecified atom stereocenters. The second kappa shape index (κ2) is 3.33. The summed E-state index contributed by atoms with van der Waals surface area (Å²) in [7, 11) is 0. The molecule has 4 rings (SSSR count). The molecule has 1 amide bonds. The van der Waals surface area contributed by atoms with Gasteiger partial charge in [-0.15, -0.1) is 0 Å². The number of aliphatic hydroxyl groups is 1. The Bertz CT molecular complexity index is 325. The van der Waals surface area contributed by atoms with E-state index >= 15 is 0 Å². The normalized spacial score (nSPS) is 49.1. The fraction of sp³-hybridized carbons (Fsp3) is 0.769. The Labute approximate surface area is 95.9 Å². The quantitative estimate of drug-likeness (QED) is 0.689. The molecule has 0 aromatic carbocycles. The van der Waals surface area contributed by atoms with Crippen molar-refractivity contribution in [1.29, 1.82) is 0 Å². The van der Waals surface area contributed by atoms with E-state index in [1.165, 1.54) is 12.5 Å². The summed E-state index contributed by atoms with van der Waals surface area (Å²) in [4.78, 5) is 11.5. The zero-order chi connectivity index (χ0) is 11.3. The van der Waals surface area contributed by atoms with Crippen molar-refractivity contribution in [2.45, 2.75) is 43.7 Å². The maximum atomic E-state index is 11.5. The van der Waals surface area contributed by atoms with Crippen LogP contribution in [0.25, 0.3) is 0 Å². The van der Waals surface area contributed by atoms with Crippen LogP contribution in [0.4, 0.5) is 0 Å². The summed E-state index contributed by atoms with van der Waals surface area (Å²) < 4.78 is 0. The molecule has 3 nitrogen and oxygen atoms in total. The summed E-state index contributed by atoms with van der Waals surface area (Å²) in [6, 6.07) is 0. The van der Waals surface area contributed by atoms with E-state index in [1.807, 2.05) is 0 Å². The standard InChI is InChI=1S/C13H19NO2/c1-2-11(15)14-13-6-8-3-9(7-13)5-10(4-8)12(13)16/h2,8-10,12,16H,1,3-7H2,(H,14,15). The van der Waals surface area contributed by atoms with E-state index in [0.717, 1.165) is 25.7 Å². The first-order chi connectivity index (χ1) is 7.63. The molecule has 4 bridgehead atoms. The van der Waals surface area contributed by atoms with Crippen LogP contribution in [-0.2, 0) is 4.79 Å². The van der Waals surface area contributed by atoms with Gasteiger partial charge in [0.15, 0.2) is 0 Å². The summed E-state index contributed by atoms with van der Waals surface area (Å²) in [6.07, 6.45) is 6.50. The third-order valence-electron chi connectivity index (χ3n) is 4.81. The molecule has 0 aromatic heterocycles. The highest BCUT2D eigenvalue weighted by Gasteiger charge is 2.57. The molecule has 0 aliphatic heterocycles. The molecule has 3 heteroatoms. The van der Waals surface area contributed by atoms with E-state index in [0.29, 0.717) is 17.8 Å². The molecule has 4 aliphatic rings. The van der Waals surface area contributed by atoms with Crippen LogP contribution in [-0.4, -0.2) is 22.7 Å². The summed E-state index contributed by atoms with van der Waals surface area (Å²) in [5, 5.41) is 13.4. The molecule has 0 radical (unpaired) electrons. The molecular weight excluding hydrogens is 202 g/mol. The fourth-order valence-corrected chi connectivity index (χ4v) is 4.49. The number of aliphatic hydroxyl groups excluding tert-OH is 1. The predicted molar refractivity (Wildman–Crippen MR) is 60.6 cm³/mol. The molecule has 4 aliphatic carbocycles. The van der Waals surface area contributed by atoms with Crippen LogP contribution in [0.1, 0.15) is 32.1 Å². The van der Waals surface area contributed by atoms with Gasteiger partial charge in [-0.3, -0.25) is 4.79 Å². The predicted octanol–water partition coefficient (Wildman–Crippen LogP) is 1.23. The van der Waals surface area contributed by atoms with E-state index in [9.17, 15) is 9.90 Å². The van der Waals surface area contributed by atoms with Gasteiger partial charge in [0.05, 0.1) is 11.6 Å². The number of hydrogen-bond donors (Lipinski definition) is 2. The average Bonchev–Trinajstić information content (AvgIpc) is 2.24. The van der Waals surface area contributed by atoms with E-state index in [2.05, 4.69) is 11.9 Å². The zero-order valence-electron chi connectivity index (χ0n) is 9.48. The highest BCUT2D eigenvalue weighted by Crippen LogP contribution is 2.55. The molecule has 0 heterocycles. The average molecular weight is 221 g/mol. The fourth-order valence-electron chi connectivity index (χ4n) is 4.49. The lowest BCUT2D eigenvalue weighted by Crippen LogP contribution is -2.67. The van der Waals surface area contributed by atoms with Gasteiger partial charge >= 0.3 is 0 Å². The minimum atomic E-state index is -0.343. The van der Waals surface area contributed by atoms with Crippen molar-refractivity contribution in [1.82, 2.24) is 5.32 Å². The van der Waals surface area contributed by atoms with E-state index in [-0.39, 0.29) is 17.6 Å². The summed E-state index contributed by atoms with van der Waals surface area (Å²) in [5.41, 5.74) is -0.333. The number of nitrogens with one attached hydrogen (secondary N) is 1. The van der Waals surface area contributed by atoms with E-state index in [4.69, 9.17) is 0 Å². The second-order valence-electron chi connectivity index (χ2n) is 5.90. The van der Waals surface area contributed by atoms with Crippen LogP contribution in [0.15, 0.2) is 12.7 Å². The summed E-state index contributed by atoms with van der Waals surface area (Å²) in [5.74, 6) is 1.70. The topological polar surface area (TPSA) is 49.3 Å². The molecule has 3 atom stereocenters. The first-order valence-corrected chi connectivity index (χ1v) is 6.25. The molecule has 0 saturated heterocycles. The minimum absolute atomic E-state index is 0.138. The Morgan fingerprint density at radius 1 is 1.31 bits per heavy atom. The Morgan fingerprint density at radius 3 is 2.50 bits per heavy atom. The van der Waals surface area contributed by atoms with Crippen LogP contribution in [0.3, 0.4) is 0 Å². The minimum Gasteiger partial charge on any atom is -0.390 e. The van der Waals surface area contributed by atoms with Crippen molar-refractivity contribution in [2.75, 3.05) is 0 Å². The van der Waals surface area contributed by atoms with E-state index in [1.54, 1.807) is 0 Å². The van der Waals surface area contributed by atoms with Crippen LogP contribution in [0, 0.1) is 17.8 Å². The van der Waals surface area contributed by atoms with Crippen LogP contribution < -0.4 is 5.32 Å². The van der Waals surface area contributed by atoms with Gasteiger partial charge in [-0.25, -0.2) is 0 Å². The smallest absolute Gasteiger partial charge is 0.243 e. The van der Waals surface area contributed by atoms with Crippen LogP contribution in [0.5, 0.6) is 0 Å². The summed E-state index contributed by atoms with van der Waals surface area (Å²) in [6.45, 7) is 3.49. The molecular formula is C13H19NO2. The molecule has 4 fully saturated rings. The van der Waals surface area contributed by atoms with Crippen molar-refractivity contribution >= 4 is 5.91 Å². The van der Waals surface area contributed by atoms with E-state index < -0.39 is 0 Å². The maximum Gasteiger partial charge on any atom is 0.243 e. The number of carbonyl (C=O) groups excluding carboxylic acids is 1. The highest BCUT2D eigenvalue weighted by atomic mass is 16.3. The first-order valence-electron chi connectivity index (χ1n) is 6.25. The van der Waals surface area contributed by atoms with Crippen LogP contribution in [0.2, 0.25) is 0 Å². The van der Waals surface area contributed by atoms with Crippen molar-refractivity contribution in [3.63, 3.8) is 0 Å². The van der Waals surface area contributed by atoms with Crippen molar-refractivity contribution in [3.05, 3.63) is 12.7 Å². The third-order valence-corrected chi connectivity index (χ3v) is 4.81. The zero-order valence-corrected chi connectivity index (χ0v) is 9.48. The molecule has 88 valence electrons. The number of hydrogen-bond acceptors (Lipinski definition) is 2. The van der Waals surface area contributed by atoms with Gasteiger partial charge in [-0.2, -0.15) is 0 Å². The first kappa shape index (κ1) is 10.3. The van der Waals surface area contributed by atoms with Crippen molar-refractivity contribution in [3.8, 4) is 0 Å². The van der Waals surface area contributed by atoms with Crippen molar-refractivity contribution in [2.24, 2.45) is 17.8 Å². The van der Waals surface area contributed by atoms with Crippen LogP contribution >= 0.6 is 0 Å². The SMILES string of the molecule is C=CC(=O)NC12CC3CC(CC(C3)C1O)C2. The van der Waals surface area contributed by atoms with Gasteiger partial charge < -0.3 is 10.4 Å². The molecule has 16 heavy (non-hydrogen) atoms.